The van der Waals surface area contributed by atoms with Crippen molar-refractivity contribution >= 4 is 17.7 Å². The van der Waals surface area contributed by atoms with Crippen LogP contribution in [0.2, 0.25) is 0 Å². The van der Waals surface area contributed by atoms with Gasteiger partial charge < -0.3 is 11.5 Å². The Kier molecular flexibility index (Phi) is 4.38. The van der Waals surface area contributed by atoms with E-state index in [1.54, 1.807) is 11.8 Å². The van der Waals surface area contributed by atoms with Crippen molar-refractivity contribution in [2.24, 2.45) is 11.5 Å². The maximum absolute atomic E-state index is 11.0. The minimum Gasteiger partial charge on any atom is -0.368 e. The van der Waals surface area contributed by atoms with Gasteiger partial charge in [-0.2, -0.15) is 0 Å². The molecule has 0 bridgehead atoms. The Morgan fingerprint density at radius 2 is 1.94 bits per heavy atom. The molecule has 0 saturated heterocycles. The normalized spacial score (nSPS) is 13.4. The van der Waals surface area contributed by atoms with Gasteiger partial charge >= 0.3 is 0 Å². The molecule has 4 N–H and O–H groups in total. The van der Waals surface area contributed by atoms with E-state index in [4.69, 9.17) is 11.5 Å². The summed E-state index contributed by atoms with van der Waals surface area (Å²) in [7, 11) is 0. The SMILES string of the molecule is CC(C)(SCc1ccccc1)[C@H](N)C(N)=O. The number of thioether (sulfide) groups is 1. The van der Waals surface area contributed by atoms with Gasteiger partial charge in [0.15, 0.2) is 0 Å². The van der Waals surface area contributed by atoms with Crippen LogP contribution < -0.4 is 11.5 Å². The van der Waals surface area contributed by atoms with E-state index in [-0.39, 0.29) is 4.75 Å². The van der Waals surface area contributed by atoms with E-state index in [0.29, 0.717) is 0 Å². The molecule has 0 aliphatic heterocycles. The lowest BCUT2D eigenvalue weighted by Gasteiger charge is -2.28. The molecule has 1 amide bonds. The average molecular weight is 238 g/mol. The number of carbonyl (C=O) groups excluding carboxylic acids is 1. The Bertz CT molecular complexity index is 351. The predicted octanol–water partition coefficient (Wildman–Crippen LogP) is 1.51. The van der Waals surface area contributed by atoms with E-state index in [1.165, 1.54) is 5.56 Å². The van der Waals surface area contributed by atoms with Gasteiger partial charge in [-0.15, -0.1) is 11.8 Å². The largest absolute Gasteiger partial charge is 0.368 e. The van der Waals surface area contributed by atoms with Crippen LogP contribution in [0.15, 0.2) is 30.3 Å². The molecule has 1 atom stereocenters. The quantitative estimate of drug-likeness (QED) is 0.817. The number of hydrogen-bond donors (Lipinski definition) is 2. The van der Waals surface area contributed by atoms with Crippen LogP contribution in [0.1, 0.15) is 19.4 Å². The number of amides is 1. The van der Waals surface area contributed by atoms with Crippen LogP contribution in [0.4, 0.5) is 0 Å². The molecule has 88 valence electrons. The fourth-order valence-electron chi connectivity index (χ4n) is 1.28. The van der Waals surface area contributed by atoms with Crippen LogP contribution in [-0.4, -0.2) is 16.7 Å². The lowest BCUT2D eigenvalue weighted by Crippen LogP contribution is -2.50. The second kappa shape index (κ2) is 5.37. The molecule has 1 aromatic carbocycles. The van der Waals surface area contributed by atoms with Crippen LogP contribution in [0.5, 0.6) is 0 Å². The third kappa shape index (κ3) is 3.54. The molecule has 0 radical (unpaired) electrons. The summed E-state index contributed by atoms with van der Waals surface area (Å²) in [5, 5.41) is 0. The third-order valence-corrected chi connectivity index (χ3v) is 3.98. The van der Waals surface area contributed by atoms with Crippen molar-refractivity contribution in [3.05, 3.63) is 35.9 Å². The van der Waals surface area contributed by atoms with Gasteiger partial charge in [-0.1, -0.05) is 30.3 Å². The number of nitrogens with two attached hydrogens (primary N) is 2. The minimum absolute atomic E-state index is 0.346. The summed E-state index contributed by atoms with van der Waals surface area (Å²) in [6, 6.07) is 9.46. The Balaban J connectivity index is 2.57. The molecule has 0 aliphatic rings. The van der Waals surface area contributed by atoms with Gasteiger partial charge in [0.2, 0.25) is 5.91 Å². The molecule has 0 heterocycles. The van der Waals surface area contributed by atoms with Crippen molar-refractivity contribution in [2.75, 3.05) is 0 Å². The number of primary amides is 1. The van der Waals surface area contributed by atoms with Gasteiger partial charge in [0.05, 0.1) is 6.04 Å². The number of rotatable bonds is 5. The highest BCUT2D eigenvalue weighted by atomic mass is 32.2. The topological polar surface area (TPSA) is 69.1 Å². The smallest absolute Gasteiger partial charge is 0.235 e. The fourth-order valence-corrected chi connectivity index (χ4v) is 2.30. The monoisotopic (exact) mass is 238 g/mol. The maximum atomic E-state index is 11.0. The fraction of sp³-hybridized carbons (Fsp3) is 0.417. The summed E-state index contributed by atoms with van der Waals surface area (Å²) in [6.45, 7) is 3.88. The summed E-state index contributed by atoms with van der Waals surface area (Å²) < 4.78 is -0.346. The van der Waals surface area contributed by atoms with E-state index in [0.717, 1.165) is 5.75 Å². The van der Waals surface area contributed by atoms with Gasteiger partial charge in [-0.25, -0.2) is 0 Å². The van der Waals surface area contributed by atoms with E-state index >= 15 is 0 Å². The van der Waals surface area contributed by atoms with E-state index < -0.39 is 11.9 Å². The summed E-state index contributed by atoms with van der Waals surface area (Å²) in [5.74, 6) is 0.375. The Labute approximate surface area is 101 Å². The van der Waals surface area contributed by atoms with E-state index in [2.05, 4.69) is 12.1 Å². The second-order valence-corrected chi connectivity index (χ2v) is 5.89. The zero-order chi connectivity index (χ0) is 12.2. The van der Waals surface area contributed by atoms with Crippen LogP contribution >= 0.6 is 11.8 Å². The molecular weight excluding hydrogens is 220 g/mol. The molecule has 0 aliphatic carbocycles. The first kappa shape index (κ1) is 13.1. The molecule has 0 spiro atoms. The first-order valence-corrected chi connectivity index (χ1v) is 6.15. The molecule has 3 nitrogen and oxygen atoms in total. The lowest BCUT2D eigenvalue weighted by molar-refractivity contribution is -0.119. The predicted molar refractivity (Wildman–Crippen MR) is 69.0 cm³/mol. The zero-order valence-electron chi connectivity index (χ0n) is 9.64. The van der Waals surface area contributed by atoms with E-state index in [1.807, 2.05) is 32.0 Å². The molecule has 0 unspecified atom stereocenters. The van der Waals surface area contributed by atoms with Gasteiger partial charge in [-0.05, 0) is 19.4 Å². The molecule has 4 heteroatoms. The Morgan fingerprint density at radius 3 is 2.44 bits per heavy atom. The zero-order valence-corrected chi connectivity index (χ0v) is 10.5. The summed E-state index contributed by atoms with van der Waals surface area (Å²) >= 11 is 1.64. The first-order valence-electron chi connectivity index (χ1n) is 5.16. The summed E-state index contributed by atoms with van der Waals surface area (Å²) in [6.07, 6.45) is 0. The summed E-state index contributed by atoms with van der Waals surface area (Å²) in [5.41, 5.74) is 12.2. The van der Waals surface area contributed by atoms with Crippen molar-refractivity contribution in [1.82, 2.24) is 0 Å². The molecule has 0 aromatic heterocycles. The molecule has 1 rings (SSSR count). The minimum atomic E-state index is -0.624. The molecule has 16 heavy (non-hydrogen) atoms. The third-order valence-electron chi connectivity index (χ3n) is 2.51. The van der Waals surface area contributed by atoms with Crippen molar-refractivity contribution in [3.8, 4) is 0 Å². The molecule has 0 saturated carbocycles. The molecule has 0 fully saturated rings. The van der Waals surface area contributed by atoms with E-state index in [9.17, 15) is 4.79 Å². The second-order valence-electron chi connectivity index (χ2n) is 4.26. The summed E-state index contributed by atoms with van der Waals surface area (Å²) in [4.78, 5) is 11.0. The van der Waals surface area contributed by atoms with Gasteiger partial charge in [0, 0.05) is 10.5 Å². The first-order chi connectivity index (χ1) is 7.43. The highest BCUT2D eigenvalue weighted by Crippen LogP contribution is 2.30. The number of carbonyl (C=O) groups is 1. The number of benzene rings is 1. The van der Waals surface area contributed by atoms with Gasteiger partial charge in [0.1, 0.15) is 0 Å². The molecule has 1 aromatic rings. The van der Waals surface area contributed by atoms with Crippen molar-refractivity contribution < 1.29 is 4.79 Å². The Hall–Kier alpha value is -1.00. The van der Waals surface area contributed by atoms with Gasteiger partial charge in [0.25, 0.3) is 0 Å². The van der Waals surface area contributed by atoms with Crippen LogP contribution in [-0.2, 0) is 10.5 Å². The molecular formula is C12H18N2OS. The van der Waals surface area contributed by atoms with Crippen LogP contribution in [0, 0.1) is 0 Å². The average Bonchev–Trinajstić information content (AvgIpc) is 2.27. The van der Waals surface area contributed by atoms with Crippen molar-refractivity contribution in [2.45, 2.75) is 30.4 Å². The highest BCUT2D eigenvalue weighted by Gasteiger charge is 2.30. The number of hydrogen-bond acceptors (Lipinski definition) is 3. The van der Waals surface area contributed by atoms with Crippen LogP contribution in [0.3, 0.4) is 0 Å². The standard InChI is InChI=1S/C12H18N2OS/c1-12(2,10(13)11(14)15)16-8-9-6-4-3-5-7-9/h3-7,10H,8,13H2,1-2H3,(H2,14,15)/t10-/m1/s1. The maximum Gasteiger partial charge on any atom is 0.235 e. The Morgan fingerprint density at radius 1 is 1.38 bits per heavy atom. The lowest BCUT2D eigenvalue weighted by atomic mass is 10.0. The van der Waals surface area contributed by atoms with Crippen molar-refractivity contribution in [1.29, 1.82) is 0 Å². The van der Waals surface area contributed by atoms with Crippen molar-refractivity contribution in [3.63, 3.8) is 0 Å². The highest BCUT2D eigenvalue weighted by molar-refractivity contribution is 7.99. The van der Waals surface area contributed by atoms with Crippen LogP contribution in [0.25, 0.3) is 0 Å². The van der Waals surface area contributed by atoms with Gasteiger partial charge in [-0.3, -0.25) is 4.79 Å².